The van der Waals surface area contributed by atoms with Crippen LogP contribution in [-0.4, -0.2) is 37.4 Å². The van der Waals surface area contributed by atoms with Crippen LogP contribution in [0.4, 0.5) is 16.3 Å². The van der Waals surface area contributed by atoms with Crippen LogP contribution in [0.2, 0.25) is 0 Å². The Bertz CT molecular complexity index is 659. The molecule has 22 heavy (non-hydrogen) atoms. The highest BCUT2D eigenvalue weighted by Gasteiger charge is 2.17. The molecule has 1 aromatic heterocycles. The van der Waals surface area contributed by atoms with Crippen LogP contribution in [0.15, 0.2) is 42.5 Å². The second kappa shape index (κ2) is 6.80. The van der Waals surface area contributed by atoms with Crippen LogP contribution >= 0.6 is 0 Å². The molecule has 0 radical (unpaired) electrons. The predicted molar refractivity (Wildman–Crippen MR) is 85.8 cm³/mol. The van der Waals surface area contributed by atoms with Crippen molar-refractivity contribution in [2.45, 2.75) is 6.54 Å². The minimum atomic E-state index is -1.06. The number of amides is 1. The van der Waals surface area contributed by atoms with Crippen molar-refractivity contribution in [2.75, 3.05) is 31.0 Å². The molecule has 1 heterocycles. The van der Waals surface area contributed by atoms with Crippen LogP contribution in [0.5, 0.6) is 5.88 Å². The molecule has 2 rings (SSSR count). The van der Waals surface area contributed by atoms with Crippen LogP contribution < -0.4 is 14.5 Å². The number of carboxylic acid groups (broad SMARTS) is 1. The van der Waals surface area contributed by atoms with Crippen molar-refractivity contribution in [3.63, 3.8) is 0 Å². The summed E-state index contributed by atoms with van der Waals surface area (Å²) in [5, 5.41) is 9.46. The molecule has 0 atom stereocenters. The molecule has 116 valence electrons. The van der Waals surface area contributed by atoms with E-state index in [1.807, 2.05) is 43.3 Å². The van der Waals surface area contributed by atoms with Gasteiger partial charge in [0.15, 0.2) is 0 Å². The van der Waals surface area contributed by atoms with E-state index in [1.165, 1.54) is 12.0 Å². The second-order valence-corrected chi connectivity index (χ2v) is 4.97. The fourth-order valence-corrected chi connectivity index (χ4v) is 2.03. The molecule has 2 aromatic rings. The Labute approximate surface area is 129 Å². The van der Waals surface area contributed by atoms with E-state index in [9.17, 15) is 9.90 Å². The molecule has 0 saturated heterocycles. The Morgan fingerprint density at radius 3 is 2.59 bits per heavy atom. The van der Waals surface area contributed by atoms with E-state index in [0.29, 0.717) is 11.7 Å². The maximum Gasteiger partial charge on any atom is 0.413 e. The maximum absolute atomic E-state index is 11.6. The molecular formula is C16H19N3O3. The van der Waals surface area contributed by atoms with Crippen molar-refractivity contribution in [3.8, 4) is 5.88 Å². The molecule has 0 aliphatic heterocycles. The summed E-state index contributed by atoms with van der Waals surface area (Å²) in [6.07, 6.45) is -1.06. The van der Waals surface area contributed by atoms with Crippen molar-refractivity contribution >= 4 is 17.6 Å². The Balaban J connectivity index is 2.29. The van der Waals surface area contributed by atoms with Crippen molar-refractivity contribution in [2.24, 2.45) is 0 Å². The highest BCUT2D eigenvalue weighted by molar-refractivity contribution is 5.84. The third-order valence-electron chi connectivity index (χ3n) is 3.19. The van der Waals surface area contributed by atoms with Gasteiger partial charge in [-0.05, 0) is 23.8 Å². The zero-order valence-corrected chi connectivity index (χ0v) is 12.9. The molecule has 0 bridgehead atoms. The number of hydrogen-bond acceptors (Lipinski definition) is 4. The van der Waals surface area contributed by atoms with E-state index in [0.717, 1.165) is 11.3 Å². The number of carbonyl (C=O) groups is 1. The summed E-state index contributed by atoms with van der Waals surface area (Å²) in [4.78, 5) is 18.9. The van der Waals surface area contributed by atoms with Gasteiger partial charge in [0.25, 0.3) is 0 Å². The van der Waals surface area contributed by atoms with Gasteiger partial charge in [-0.1, -0.05) is 18.2 Å². The van der Waals surface area contributed by atoms with Crippen LogP contribution in [0.1, 0.15) is 5.56 Å². The van der Waals surface area contributed by atoms with Crippen molar-refractivity contribution < 1.29 is 14.6 Å². The van der Waals surface area contributed by atoms with Gasteiger partial charge in [-0.15, -0.1) is 0 Å². The van der Waals surface area contributed by atoms with Crippen molar-refractivity contribution in [3.05, 3.63) is 48.0 Å². The molecule has 1 aromatic carbocycles. The van der Waals surface area contributed by atoms with Crippen LogP contribution in [0, 0.1) is 0 Å². The number of hydrogen-bond donors (Lipinski definition) is 1. The minimum Gasteiger partial charge on any atom is -0.481 e. The van der Waals surface area contributed by atoms with Gasteiger partial charge in [-0.3, -0.25) is 4.90 Å². The molecule has 1 amide bonds. The summed E-state index contributed by atoms with van der Waals surface area (Å²) in [7, 11) is 5.38. The lowest BCUT2D eigenvalue weighted by molar-refractivity contribution is 0.201. The molecule has 0 spiro atoms. The van der Waals surface area contributed by atoms with E-state index in [-0.39, 0.29) is 6.54 Å². The molecule has 6 heteroatoms. The first kappa shape index (κ1) is 15.6. The van der Waals surface area contributed by atoms with Gasteiger partial charge in [0.05, 0.1) is 13.7 Å². The van der Waals surface area contributed by atoms with Gasteiger partial charge in [0, 0.05) is 25.8 Å². The fraction of sp³-hybridized carbons (Fsp3) is 0.250. The Kier molecular flexibility index (Phi) is 4.83. The zero-order valence-electron chi connectivity index (χ0n) is 12.9. The molecule has 1 N–H and O–H groups in total. The Morgan fingerprint density at radius 2 is 1.95 bits per heavy atom. The SMILES string of the molecule is COc1cccc(N(Cc2cccc(N(C)C)c2)C(=O)O)n1. The van der Waals surface area contributed by atoms with Crippen LogP contribution in [0.25, 0.3) is 0 Å². The van der Waals surface area contributed by atoms with Gasteiger partial charge in [-0.25, -0.2) is 4.79 Å². The van der Waals surface area contributed by atoms with Gasteiger partial charge in [0.1, 0.15) is 5.82 Å². The highest BCUT2D eigenvalue weighted by atomic mass is 16.5. The summed E-state index contributed by atoms with van der Waals surface area (Å²) in [6, 6.07) is 12.8. The number of aromatic nitrogens is 1. The number of anilines is 2. The van der Waals surface area contributed by atoms with E-state index in [2.05, 4.69) is 4.98 Å². The third-order valence-corrected chi connectivity index (χ3v) is 3.19. The van der Waals surface area contributed by atoms with Gasteiger partial charge in [0.2, 0.25) is 5.88 Å². The van der Waals surface area contributed by atoms with Crippen LogP contribution in [-0.2, 0) is 6.54 Å². The first-order valence-electron chi connectivity index (χ1n) is 6.79. The summed E-state index contributed by atoms with van der Waals surface area (Å²) in [5.74, 6) is 0.716. The van der Waals surface area contributed by atoms with Gasteiger partial charge < -0.3 is 14.7 Å². The smallest absolute Gasteiger partial charge is 0.413 e. The molecular weight excluding hydrogens is 282 g/mol. The number of benzene rings is 1. The monoisotopic (exact) mass is 301 g/mol. The number of ether oxygens (including phenoxy) is 1. The standard InChI is InChI=1S/C16H19N3O3/c1-18(2)13-7-4-6-12(10-13)11-19(16(20)21)14-8-5-9-15(17-14)22-3/h4-10H,11H2,1-3H3,(H,20,21). The summed E-state index contributed by atoms with van der Waals surface area (Å²) in [6.45, 7) is 0.219. The van der Waals surface area contributed by atoms with E-state index < -0.39 is 6.09 Å². The average molecular weight is 301 g/mol. The molecule has 0 saturated carbocycles. The number of nitrogens with zero attached hydrogens (tertiary/aromatic N) is 3. The predicted octanol–water partition coefficient (Wildman–Crippen LogP) is 2.84. The summed E-state index contributed by atoms with van der Waals surface area (Å²) >= 11 is 0. The van der Waals surface area contributed by atoms with Gasteiger partial charge >= 0.3 is 6.09 Å². The molecule has 0 fully saturated rings. The molecule has 6 nitrogen and oxygen atoms in total. The van der Waals surface area contributed by atoms with Crippen LogP contribution in [0.3, 0.4) is 0 Å². The second-order valence-electron chi connectivity index (χ2n) is 4.97. The molecule has 0 aliphatic rings. The lowest BCUT2D eigenvalue weighted by Gasteiger charge is -2.20. The number of methoxy groups -OCH3 is 1. The normalized spacial score (nSPS) is 10.1. The first-order chi connectivity index (χ1) is 10.5. The quantitative estimate of drug-likeness (QED) is 0.920. The third kappa shape index (κ3) is 3.66. The lowest BCUT2D eigenvalue weighted by atomic mass is 10.2. The maximum atomic E-state index is 11.6. The first-order valence-corrected chi connectivity index (χ1v) is 6.79. The van der Waals surface area contributed by atoms with E-state index in [4.69, 9.17) is 4.74 Å². The average Bonchev–Trinajstić information content (AvgIpc) is 2.52. The van der Waals surface area contributed by atoms with E-state index >= 15 is 0 Å². The Hall–Kier alpha value is -2.76. The molecule has 0 aliphatic carbocycles. The van der Waals surface area contributed by atoms with Crippen molar-refractivity contribution in [1.29, 1.82) is 0 Å². The zero-order chi connectivity index (χ0) is 16.1. The topological polar surface area (TPSA) is 65.9 Å². The van der Waals surface area contributed by atoms with Gasteiger partial charge in [-0.2, -0.15) is 4.98 Å². The summed E-state index contributed by atoms with van der Waals surface area (Å²) < 4.78 is 5.05. The number of pyridine rings is 1. The largest absolute Gasteiger partial charge is 0.481 e. The molecule has 0 unspecified atom stereocenters. The summed E-state index contributed by atoms with van der Waals surface area (Å²) in [5.41, 5.74) is 1.90. The minimum absolute atomic E-state index is 0.219. The highest BCUT2D eigenvalue weighted by Crippen LogP contribution is 2.20. The van der Waals surface area contributed by atoms with E-state index in [1.54, 1.807) is 18.2 Å². The Morgan fingerprint density at radius 1 is 1.23 bits per heavy atom. The fourth-order valence-electron chi connectivity index (χ4n) is 2.03. The van der Waals surface area contributed by atoms with Crippen molar-refractivity contribution in [1.82, 2.24) is 4.98 Å². The lowest BCUT2D eigenvalue weighted by Crippen LogP contribution is -2.29. The number of rotatable bonds is 5.